The lowest BCUT2D eigenvalue weighted by Crippen LogP contribution is -2.14. The zero-order valence-corrected chi connectivity index (χ0v) is 13.0. The van der Waals surface area contributed by atoms with Crippen molar-refractivity contribution >= 4 is 13.6 Å². The van der Waals surface area contributed by atoms with Crippen molar-refractivity contribution in [3.8, 4) is 11.5 Å². The van der Waals surface area contributed by atoms with Crippen LogP contribution in [-0.4, -0.2) is 19.2 Å². The molecule has 2 aromatic rings. The second-order valence-corrected chi connectivity index (χ2v) is 6.34. The van der Waals surface area contributed by atoms with Crippen LogP contribution in [0.15, 0.2) is 48.5 Å². The van der Waals surface area contributed by atoms with E-state index in [9.17, 15) is 18.1 Å². The number of hydrogen-bond donors (Lipinski definition) is 0. The number of hydrogen-bond acceptors (Lipinski definition) is 5. The molecule has 0 saturated heterocycles. The van der Waals surface area contributed by atoms with Crippen LogP contribution in [-0.2, 0) is 14.1 Å². The van der Waals surface area contributed by atoms with Crippen molar-refractivity contribution in [1.29, 1.82) is 0 Å². The maximum Gasteiger partial charge on any atom is 0.441 e. The van der Waals surface area contributed by atoms with Gasteiger partial charge in [-0.05, 0) is 48.5 Å². The van der Waals surface area contributed by atoms with Crippen molar-refractivity contribution < 1.29 is 31.9 Å². The predicted molar refractivity (Wildman–Crippen MR) is 78.5 cm³/mol. The van der Waals surface area contributed by atoms with Crippen molar-refractivity contribution in [2.45, 2.75) is 0 Å². The molecule has 0 spiro atoms. The summed E-state index contributed by atoms with van der Waals surface area (Å²) in [7, 11) is -2.86. The highest BCUT2D eigenvalue weighted by molar-refractivity contribution is 7.55. The van der Waals surface area contributed by atoms with E-state index in [4.69, 9.17) is 9.05 Å². The van der Waals surface area contributed by atoms with E-state index in [2.05, 4.69) is 4.74 Å². The molecular weight excluding hydrogens is 329 g/mol. The van der Waals surface area contributed by atoms with E-state index in [0.717, 1.165) is 31.4 Å². The van der Waals surface area contributed by atoms with E-state index in [1.807, 2.05) is 0 Å². The molecule has 0 N–H and O–H groups in total. The maximum absolute atomic E-state index is 12.9. The van der Waals surface area contributed by atoms with Gasteiger partial charge in [-0.15, -0.1) is 0 Å². The highest BCUT2D eigenvalue weighted by Gasteiger charge is 2.32. The Labute approximate surface area is 131 Å². The van der Waals surface area contributed by atoms with Crippen LogP contribution >= 0.6 is 7.60 Å². The van der Waals surface area contributed by atoms with E-state index >= 15 is 0 Å². The second-order valence-electron chi connectivity index (χ2n) is 4.44. The van der Waals surface area contributed by atoms with Gasteiger partial charge in [0.25, 0.3) is 0 Å². The largest absolute Gasteiger partial charge is 0.468 e. The first-order valence-corrected chi connectivity index (χ1v) is 8.19. The molecule has 0 atom stereocenters. The van der Waals surface area contributed by atoms with Crippen LogP contribution in [0.1, 0.15) is 0 Å². The van der Waals surface area contributed by atoms with Gasteiger partial charge in [0.15, 0.2) is 6.16 Å². The Morgan fingerprint density at radius 3 is 1.65 bits per heavy atom. The van der Waals surface area contributed by atoms with Crippen molar-refractivity contribution in [2.24, 2.45) is 0 Å². The average molecular weight is 342 g/mol. The van der Waals surface area contributed by atoms with E-state index in [1.165, 1.54) is 24.3 Å². The molecule has 8 heteroatoms. The molecule has 0 heterocycles. The number of methoxy groups -OCH3 is 1. The molecule has 0 aromatic heterocycles. The van der Waals surface area contributed by atoms with Gasteiger partial charge in [0.2, 0.25) is 0 Å². The molecule has 0 fully saturated rings. The van der Waals surface area contributed by atoms with Gasteiger partial charge < -0.3 is 13.8 Å². The summed E-state index contributed by atoms with van der Waals surface area (Å²) < 4.78 is 53.5. The highest BCUT2D eigenvalue weighted by Crippen LogP contribution is 2.48. The summed E-state index contributed by atoms with van der Waals surface area (Å²) in [5, 5.41) is 0. The standard InChI is InChI=1S/C15H13F2O5P/c1-20-15(18)10-23(19,21-13-6-2-11(16)3-7-13)22-14-8-4-12(17)5-9-14/h2-9H,10H2,1H3. The number of carbonyl (C=O) groups excluding carboxylic acids is 1. The minimum atomic E-state index is -3.99. The number of ether oxygens (including phenoxy) is 1. The summed E-state index contributed by atoms with van der Waals surface area (Å²) in [5.41, 5.74) is 0. The van der Waals surface area contributed by atoms with E-state index in [-0.39, 0.29) is 11.5 Å². The molecule has 2 aromatic carbocycles. The molecule has 5 nitrogen and oxygen atoms in total. The van der Waals surface area contributed by atoms with Crippen molar-refractivity contribution in [2.75, 3.05) is 13.3 Å². The second kappa shape index (κ2) is 7.24. The van der Waals surface area contributed by atoms with Gasteiger partial charge in [-0.1, -0.05) is 0 Å². The zero-order chi connectivity index (χ0) is 16.9. The quantitative estimate of drug-likeness (QED) is 0.590. The van der Waals surface area contributed by atoms with Crippen LogP contribution in [0.5, 0.6) is 11.5 Å². The van der Waals surface area contributed by atoms with Crippen molar-refractivity contribution in [1.82, 2.24) is 0 Å². The highest BCUT2D eigenvalue weighted by atomic mass is 31.2. The molecule has 0 aliphatic carbocycles. The predicted octanol–water partition coefficient (Wildman–Crippen LogP) is 3.79. The lowest BCUT2D eigenvalue weighted by atomic mass is 10.3. The van der Waals surface area contributed by atoms with Crippen LogP contribution in [0.25, 0.3) is 0 Å². The van der Waals surface area contributed by atoms with Gasteiger partial charge in [0, 0.05) is 0 Å². The minimum Gasteiger partial charge on any atom is -0.468 e. The van der Waals surface area contributed by atoms with Gasteiger partial charge >= 0.3 is 13.6 Å². The number of esters is 1. The molecule has 23 heavy (non-hydrogen) atoms. The first-order chi connectivity index (χ1) is 10.9. The SMILES string of the molecule is COC(=O)CP(=O)(Oc1ccc(F)cc1)Oc1ccc(F)cc1. The normalized spacial score (nSPS) is 10.9. The first-order valence-electron chi connectivity index (χ1n) is 6.46. The van der Waals surface area contributed by atoms with Gasteiger partial charge in [0.05, 0.1) is 7.11 Å². The van der Waals surface area contributed by atoms with Gasteiger partial charge in [-0.3, -0.25) is 4.79 Å². The summed E-state index contributed by atoms with van der Waals surface area (Å²) in [6.07, 6.45) is -0.655. The third kappa shape index (κ3) is 5.07. The lowest BCUT2D eigenvalue weighted by molar-refractivity contribution is -0.137. The molecule has 0 aliphatic heterocycles. The van der Waals surface area contributed by atoms with Gasteiger partial charge in [-0.2, -0.15) is 0 Å². The summed E-state index contributed by atoms with van der Waals surface area (Å²) in [5.74, 6) is -1.70. The monoisotopic (exact) mass is 342 g/mol. The Morgan fingerprint density at radius 2 is 1.30 bits per heavy atom. The Balaban J connectivity index is 2.23. The Morgan fingerprint density at radius 1 is 0.913 bits per heavy atom. The Bertz CT molecular complexity index is 664. The van der Waals surface area contributed by atoms with Crippen LogP contribution in [0.4, 0.5) is 8.78 Å². The number of halogens is 2. The van der Waals surface area contributed by atoms with Gasteiger partial charge in [-0.25, -0.2) is 13.3 Å². The van der Waals surface area contributed by atoms with Crippen LogP contribution in [0.2, 0.25) is 0 Å². The fraction of sp³-hybridized carbons (Fsp3) is 0.133. The van der Waals surface area contributed by atoms with Gasteiger partial charge in [0.1, 0.15) is 23.1 Å². The third-order valence-corrected chi connectivity index (χ3v) is 4.29. The molecule has 0 amide bonds. The fourth-order valence-corrected chi connectivity index (χ4v) is 3.12. The molecule has 2 rings (SSSR count). The maximum atomic E-state index is 12.9. The summed E-state index contributed by atoms with van der Waals surface area (Å²) in [4.78, 5) is 11.4. The molecular formula is C15H13F2O5P. The van der Waals surface area contributed by atoms with E-state index < -0.39 is 31.4 Å². The van der Waals surface area contributed by atoms with Crippen LogP contribution in [0.3, 0.4) is 0 Å². The molecule has 0 aliphatic rings. The molecule has 0 radical (unpaired) electrons. The number of carbonyl (C=O) groups is 1. The topological polar surface area (TPSA) is 61.8 Å². The fourth-order valence-electron chi connectivity index (χ4n) is 1.62. The van der Waals surface area contributed by atoms with Crippen LogP contribution < -0.4 is 9.05 Å². The zero-order valence-electron chi connectivity index (χ0n) is 12.1. The van der Waals surface area contributed by atoms with Crippen LogP contribution in [0, 0.1) is 11.6 Å². The Hall–Kier alpha value is -2.40. The Kier molecular flexibility index (Phi) is 5.34. The smallest absolute Gasteiger partial charge is 0.441 e. The molecule has 0 bridgehead atoms. The minimum absolute atomic E-state index is 0.0562. The number of rotatable bonds is 6. The van der Waals surface area contributed by atoms with Crippen molar-refractivity contribution in [3.63, 3.8) is 0 Å². The molecule has 0 saturated carbocycles. The number of benzene rings is 2. The lowest BCUT2D eigenvalue weighted by Gasteiger charge is -2.19. The summed E-state index contributed by atoms with van der Waals surface area (Å²) in [6, 6.07) is 9.40. The van der Waals surface area contributed by atoms with Crippen molar-refractivity contribution in [3.05, 3.63) is 60.2 Å². The third-order valence-electron chi connectivity index (χ3n) is 2.67. The summed E-state index contributed by atoms with van der Waals surface area (Å²) in [6.45, 7) is 0. The molecule has 0 unspecified atom stereocenters. The molecule has 122 valence electrons. The average Bonchev–Trinajstić information content (AvgIpc) is 2.51. The first kappa shape index (κ1) is 17.0. The summed E-state index contributed by atoms with van der Waals surface area (Å²) >= 11 is 0. The van der Waals surface area contributed by atoms with E-state index in [1.54, 1.807) is 0 Å². The van der Waals surface area contributed by atoms with E-state index in [0.29, 0.717) is 0 Å².